The molecule has 0 aliphatic heterocycles. The monoisotopic (exact) mass is 375 g/mol. The van der Waals surface area contributed by atoms with Crippen molar-refractivity contribution < 1.29 is 4.79 Å². The van der Waals surface area contributed by atoms with E-state index in [0.29, 0.717) is 21.5 Å². The number of rotatable bonds is 5. The highest BCUT2D eigenvalue weighted by Gasteiger charge is 2.10. The first-order valence-electron chi connectivity index (χ1n) is 7.43. The van der Waals surface area contributed by atoms with Gasteiger partial charge in [0.15, 0.2) is 0 Å². The molecule has 0 heterocycles. The van der Waals surface area contributed by atoms with Crippen LogP contribution in [0.4, 0.5) is 5.69 Å². The zero-order chi connectivity index (χ0) is 16.9. The van der Waals surface area contributed by atoms with Gasteiger partial charge in [0.1, 0.15) is 0 Å². The first-order valence-corrected chi connectivity index (χ1v) is 9.34. The molecule has 0 bridgehead atoms. The Labute approximate surface area is 155 Å². The number of carbonyl (C=O) groups excluding carboxylic acids is 1. The van der Waals surface area contributed by atoms with Gasteiger partial charge < -0.3 is 5.32 Å². The molecule has 24 heavy (non-hydrogen) atoms. The standard InChI is InChI=1S/C19H15Cl2NOS/c20-16-9-4-10-17(21)19(16)22-18(23)12-24-11-14-7-3-6-13-5-1-2-8-15(13)14/h1-10H,11-12H2,(H,22,23). The van der Waals surface area contributed by atoms with E-state index in [2.05, 4.69) is 29.6 Å². The Morgan fingerprint density at radius 3 is 2.38 bits per heavy atom. The van der Waals surface area contributed by atoms with Gasteiger partial charge in [0.25, 0.3) is 0 Å². The van der Waals surface area contributed by atoms with E-state index in [0.717, 1.165) is 5.75 Å². The second-order valence-corrected chi connectivity index (χ2v) is 7.08. The van der Waals surface area contributed by atoms with E-state index in [-0.39, 0.29) is 5.91 Å². The zero-order valence-corrected chi connectivity index (χ0v) is 15.1. The van der Waals surface area contributed by atoms with Gasteiger partial charge in [-0.05, 0) is 28.5 Å². The molecular weight excluding hydrogens is 361 g/mol. The summed E-state index contributed by atoms with van der Waals surface area (Å²) in [5.74, 6) is 0.991. The highest BCUT2D eigenvalue weighted by atomic mass is 35.5. The molecular formula is C19H15Cl2NOS. The summed E-state index contributed by atoms with van der Waals surface area (Å²) in [6.45, 7) is 0. The molecule has 0 unspecified atom stereocenters. The van der Waals surface area contributed by atoms with Crippen LogP contribution < -0.4 is 5.32 Å². The molecule has 0 spiro atoms. The van der Waals surface area contributed by atoms with Gasteiger partial charge in [-0.2, -0.15) is 0 Å². The fourth-order valence-corrected chi connectivity index (χ4v) is 3.79. The van der Waals surface area contributed by atoms with Crippen molar-refractivity contribution >= 4 is 57.3 Å². The summed E-state index contributed by atoms with van der Waals surface area (Å²) in [4.78, 5) is 12.1. The van der Waals surface area contributed by atoms with E-state index >= 15 is 0 Å². The van der Waals surface area contributed by atoms with E-state index in [1.807, 2.05) is 18.2 Å². The van der Waals surface area contributed by atoms with Gasteiger partial charge in [-0.15, -0.1) is 11.8 Å². The van der Waals surface area contributed by atoms with Crippen LogP contribution in [0.1, 0.15) is 5.56 Å². The second-order valence-electron chi connectivity index (χ2n) is 5.28. The van der Waals surface area contributed by atoms with Crippen LogP contribution in [0.2, 0.25) is 10.0 Å². The summed E-state index contributed by atoms with van der Waals surface area (Å²) < 4.78 is 0. The SMILES string of the molecule is O=C(CSCc1cccc2ccccc12)Nc1c(Cl)cccc1Cl. The zero-order valence-electron chi connectivity index (χ0n) is 12.8. The number of fused-ring (bicyclic) bond motifs is 1. The van der Waals surface area contributed by atoms with Gasteiger partial charge in [0.05, 0.1) is 21.5 Å². The minimum Gasteiger partial charge on any atom is -0.323 e. The minimum absolute atomic E-state index is 0.116. The van der Waals surface area contributed by atoms with Crippen molar-refractivity contribution in [3.8, 4) is 0 Å². The van der Waals surface area contributed by atoms with E-state index in [4.69, 9.17) is 23.2 Å². The van der Waals surface area contributed by atoms with Crippen molar-refractivity contribution in [1.29, 1.82) is 0 Å². The van der Waals surface area contributed by atoms with E-state index in [1.165, 1.54) is 16.3 Å². The molecule has 3 rings (SSSR count). The van der Waals surface area contributed by atoms with Gasteiger partial charge in [0, 0.05) is 5.75 Å². The van der Waals surface area contributed by atoms with Crippen molar-refractivity contribution in [1.82, 2.24) is 0 Å². The molecule has 3 aromatic rings. The van der Waals surface area contributed by atoms with Gasteiger partial charge >= 0.3 is 0 Å². The van der Waals surface area contributed by atoms with Crippen molar-refractivity contribution in [2.75, 3.05) is 11.1 Å². The number of benzene rings is 3. The molecule has 0 aliphatic rings. The molecule has 0 saturated heterocycles. The number of carbonyl (C=O) groups is 1. The molecule has 0 fully saturated rings. The molecule has 0 atom stereocenters. The van der Waals surface area contributed by atoms with E-state index in [9.17, 15) is 4.79 Å². The number of amides is 1. The van der Waals surface area contributed by atoms with Crippen LogP contribution in [0, 0.1) is 0 Å². The number of nitrogens with one attached hydrogen (secondary N) is 1. The molecule has 5 heteroatoms. The second kappa shape index (κ2) is 7.93. The molecule has 2 nitrogen and oxygen atoms in total. The molecule has 0 radical (unpaired) electrons. The van der Waals surface area contributed by atoms with Crippen LogP contribution in [0.3, 0.4) is 0 Å². The predicted molar refractivity (Wildman–Crippen MR) is 105 cm³/mol. The first kappa shape index (κ1) is 17.2. The van der Waals surface area contributed by atoms with Crippen LogP contribution in [0.25, 0.3) is 10.8 Å². The van der Waals surface area contributed by atoms with Crippen molar-refractivity contribution in [2.24, 2.45) is 0 Å². The predicted octanol–water partition coefficient (Wildman–Crippen LogP) is 6.02. The summed E-state index contributed by atoms with van der Waals surface area (Å²) in [7, 11) is 0. The largest absolute Gasteiger partial charge is 0.323 e. The third-order valence-electron chi connectivity index (χ3n) is 3.60. The topological polar surface area (TPSA) is 29.1 Å². The Kier molecular flexibility index (Phi) is 5.67. The third-order valence-corrected chi connectivity index (χ3v) is 5.21. The lowest BCUT2D eigenvalue weighted by Crippen LogP contribution is -2.14. The molecule has 1 amide bonds. The fraction of sp³-hybridized carbons (Fsp3) is 0.105. The van der Waals surface area contributed by atoms with Crippen molar-refractivity contribution in [3.63, 3.8) is 0 Å². The maximum absolute atomic E-state index is 12.1. The summed E-state index contributed by atoms with van der Waals surface area (Å²) in [6, 6.07) is 19.6. The molecule has 122 valence electrons. The normalized spacial score (nSPS) is 10.8. The quantitative estimate of drug-likeness (QED) is 0.590. The van der Waals surface area contributed by atoms with Crippen LogP contribution in [-0.4, -0.2) is 11.7 Å². The summed E-state index contributed by atoms with van der Waals surface area (Å²) in [5.41, 5.74) is 1.69. The highest BCUT2D eigenvalue weighted by Crippen LogP contribution is 2.30. The lowest BCUT2D eigenvalue weighted by Gasteiger charge is -2.09. The summed E-state index contributed by atoms with van der Waals surface area (Å²) in [5, 5.41) is 6.09. The lowest BCUT2D eigenvalue weighted by atomic mass is 10.1. The van der Waals surface area contributed by atoms with Gasteiger partial charge in [-0.1, -0.05) is 71.7 Å². The Morgan fingerprint density at radius 2 is 1.58 bits per heavy atom. The number of hydrogen-bond acceptors (Lipinski definition) is 2. The fourth-order valence-electron chi connectivity index (χ4n) is 2.46. The maximum Gasteiger partial charge on any atom is 0.234 e. The average molecular weight is 376 g/mol. The van der Waals surface area contributed by atoms with Crippen LogP contribution in [0.15, 0.2) is 60.7 Å². The van der Waals surface area contributed by atoms with Crippen molar-refractivity contribution in [2.45, 2.75) is 5.75 Å². The molecule has 0 saturated carbocycles. The number of halogens is 2. The molecule has 0 aliphatic carbocycles. The van der Waals surface area contributed by atoms with Crippen LogP contribution in [0.5, 0.6) is 0 Å². The van der Waals surface area contributed by atoms with Gasteiger partial charge in [0.2, 0.25) is 5.91 Å². The average Bonchev–Trinajstić information content (AvgIpc) is 2.58. The summed E-state index contributed by atoms with van der Waals surface area (Å²) >= 11 is 13.7. The highest BCUT2D eigenvalue weighted by molar-refractivity contribution is 7.99. The van der Waals surface area contributed by atoms with Crippen LogP contribution in [-0.2, 0) is 10.5 Å². The Bertz CT molecular complexity index is 857. The third kappa shape index (κ3) is 4.04. The smallest absolute Gasteiger partial charge is 0.234 e. The number of hydrogen-bond donors (Lipinski definition) is 1. The molecule has 0 aromatic heterocycles. The van der Waals surface area contributed by atoms with Gasteiger partial charge in [-0.25, -0.2) is 0 Å². The first-order chi connectivity index (χ1) is 11.6. The molecule has 1 N–H and O–H groups in total. The Morgan fingerprint density at radius 1 is 0.917 bits per heavy atom. The number of anilines is 1. The lowest BCUT2D eigenvalue weighted by molar-refractivity contribution is -0.113. The summed E-state index contributed by atoms with van der Waals surface area (Å²) in [6.07, 6.45) is 0. The minimum atomic E-state index is -0.116. The Hall–Kier alpha value is -1.68. The molecule has 3 aromatic carbocycles. The maximum atomic E-state index is 12.1. The van der Waals surface area contributed by atoms with Gasteiger partial charge in [-0.3, -0.25) is 4.79 Å². The van der Waals surface area contributed by atoms with E-state index < -0.39 is 0 Å². The van der Waals surface area contributed by atoms with Crippen molar-refractivity contribution in [3.05, 3.63) is 76.3 Å². The number of para-hydroxylation sites is 1. The Balaban J connectivity index is 1.61. The van der Waals surface area contributed by atoms with Crippen LogP contribution >= 0.6 is 35.0 Å². The number of thioether (sulfide) groups is 1. The van der Waals surface area contributed by atoms with E-state index in [1.54, 1.807) is 30.0 Å².